The Morgan fingerprint density at radius 1 is 1.12 bits per heavy atom. The molecular weight excluding hydrogens is 688 g/mol. The van der Waals surface area contributed by atoms with E-state index in [2.05, 4.69) is 20.7 Å². The Labute approximate surface area is 294 Å². The molecule has 1 unspecified atom stereocenters. The van der Waals surface area contributed by atoms with E-state index in [1.165, 1.54) is 56.4 Å². The number of nitrogens with one attached hydrogen (secondary N) is 4. The van der Waals surface area contributed by atoms with Crippen molar-refractivity contribution in [1.29, 1.82) is 0 Å². The van der Waals surface area contributed by atoms with Gasteiger partial charge in [0, 0.05) is 49.4 Å². The molecule has 2 aromatic carbocycles. The van der Waals surface area contributed by atoms with Gasteiger partial charge in [-0.25, -0.2) is 14.3 Å². The number of hydrogen-bond acceptors (Lipinski definition) is 9. The zero-order valence-corrected chi connectivity index (χ0v) is 29.9. The number of hydrogen-bond donors (Lipinski definition) is 5. The summed E-state index contributed by atoms with van der Waals surface area (Å²) in [5.41, 5.74) is 3.73. The molecule has 4 rings (SSSR count). The van der Waals surface area contributed by atoms with E-state index in [0.29, 0.717) is 39.3 Å². The summed E-state index contributed by atoms with van der Waals surface area (Å²) in [7, 11) is -1.19. The quantitative estimate of drug-likeness (QED) is 0.0994. The van der Waals surface area contributed by atoms with Crippen LogP contribution >= 0.6 is 7.52 Å². The molecule has 3 aromatic rings. The first-order valence-corrected chi connectivity index (χ1v) is 17.7. The van der Waals surface area contributed by atoms with Crippen molar-refractivity contribution < 1.29 is 52.0 Å². The van der Waals surface area contributed by atoms with Gasteiger partial charge in [-0.1, -0.05) is 6.07 Å². The molecule has 2 atom stereocenters. The van der Waals surface area contributed by atoms with Crippen LogP contribution in [0.3, 0.4) is 0 Å². The van der Waals surface area contributed by atoms with Crippen LogP contribution < -0.4 is 25.0 Å². The molecule has 2 heterocycles. The van der Waals surface area contributed by atoms with Crippen molar-refractivity contribution in [2.24, 2.45) is 0 Å². The first kappa shape index (κ1) is 38.6. The molecule has 1 aromatic heterocycles. The Bertz CT molecular complexity index is 1890. The molecule has 51 heavy (non-hydrogen) atoms. The van der Waals surface area contributed by atoms with Crippen molar-refractivity contribution in [3.63, 3.8) is 0 Å². The molecule has 0 radical (unpaired) electrons. The monoisotopic (exact) mass is 729 g/mol. The van der Waals surface area contributed by atoms with Gasteiger partial charge in [-0.2, -0.15) is 0 Å². The lowest BCUT2D eigenvalue weighted by Gasteiger charge is -2.23. The molecular formula is C34H41FN5O10P. The summed E-state index contributed by atoms with van der Waals surface area (Å²) in [4.78, 5) is 54.6. The molecule has 5 N–H and O–H groups in total. The van der Waals surface area contributed by atoms with Gasteiger partial charge in [0.1, 0.15) is 24.8 Å². The van der Waals surface area contributed by atoms with Crippen molar-refractivity contribution in [1.82, 2.24) is 20.3 Å². The number of methoxy groups -OCH3 is 2. The maximum Gasteiger partial charge on any atom is 0.410 e. The molecule has 1 aliphatic heterocycles. The van der Waals surface area contributed by atoms with Gasteiger partial charge < -0.3 is 44.4 Å². The first-order chi connectivity index (χ1) is 24.2. The zero-order chi connectivity index (χ0) is 37.5. The van der Waals surface area contributed by atoms with Crippen LogP contribution in [-0.4, -0.2) is 85.1 Å². The van der Waals surface area contributed by atoms with Gasteiger partial charge in [-0.3, -0.25) is 18.9 Å². The van der Waals surface area contributed by atoms with Crippen LogP contribution in [-0.2, 0) is 30.2 Å². The van der Waals surface area contributed by atoms with Crippen molar-refractivity contribution in [3.8, 4) is 11.5 Å². The SMILES string of the molecule is CCN(CCNC(=O)c1c(C)[nH]c(/C=C2\C(=O)Nc3ccc(F)cc32)c1C)C(=O)OCc1ccc(OC)c(OP(=O)(COC)N[C@@H](C)C(=O)O)c1. The van der Waals surface area contributed by atoms with Crippen LogP contribution in [0.2, 0.25) is 0 Å². The Morgan fingerprint density at radius 2 is 1.86 bits per heavy atom. The number of aryl methyl sites for hydroxylation is 1. The van der Waals surface area contributed by atoms with Crippen LogP contribution in [0.25, 0.3) is 11.6 Å². The van der Waals surface area contributed by atoms with Crippen molar-refractivity contribution in [2.45, 2.75) is 40.3 Å². The fourth-order valence-electron chi connectivity index (χ4n) is 5.37. The number of carboxylic acid groups (broad SMARTS) is 1. The molecule has 3 amide bonds. The third-order valence-electron chi connectivity index (χ3n) is 7.96. The van der Waals surface area contributed by atoms with Gasteiger partial charge in [-0.05, 0) is 75.2 Å². The van der Waals surface area contributed by atoms with Crippen LogP contribution in [0.1, 0.15) is 52.3 Å². The number of carbonyl (C=O) groups excluding carboxylic acids is 3. The third-order valence-corrected chi connectivity index (χ3v) is 9.83. The number of aliphatic carboxylic acids is 1. The van der Waals surface area contributed by atoms with E-state index in [1.54, 1.807) is 32.9 Å². The molecule has 0 fully saturated rings. The number of aromatic nitrogens is 1. The third kappa shape index (κ3) is 9.34. The molecule has 17 heteroatoms. The summed E-state index contributed by atoms with van der Waals surface area (Å²) in [6, 6.07) is 7.43. The second-order valence-corrected chi connectivity index (χ2v) is 13.7. The second kappa shape index (κ2) is 16.7. The molecule has 15 nitrogen and oxygen atoms in total. The highest BCUT2D eigenvalue weighted by Gasteiger charge is 2.31. The topological polar surface area (TPSA) is 198 Å². The highest BCUT2D eigenvalue weighted by Crippen LogP contribution is 2.46. The molecule has 0 saturated heterocycles. The minimum atomic E-state index is -3.86. The van der Waals surface area contributed by atoms with Crippen LogP contribution in [0, 0.1) is 19.7 Å². The second-order valence-electron chi connectivity index (χ2n) is 11.6. The molecule has 0 bridgehead atoms. The van der Waals surface area contributed by atoms with E-state index in [4.69, 9.17) is 18.7 Å². The number of fused-ring (bicyclic) bond motifs is 1. The minimum Gasteiger partial charge on any atom is -0.493 e. The lowest BCUT2D eigenvalue weighted by Crippen LogP contribution is -2.38. The van der Waals surface area contributed by atoms with Gasteiger partial charge >= 0.3 is 19.6 Å². The van der Waals surface area contributed by atoms with Gasteiger partial charge in [-0.15, -0.1) is 0 Å². The Morgan fingerprint density at radius 3 is 2.53 bits per heavy atom. The molecule has 0 aliphatic carbocycles. The highest BCUT2D eigenvalue weighted by atomic mass is 31.2. The molecule has 1 aliphatic rings. The summed E-state index contributed by atoms with van der Waals surface area (Å²) >= 11 is 0. The summed E-state index contributed by atoms with van der Waals surface area (Å²) in [6.45, 7) is 6.85. The molecule has 274 valence electrons. The Kier molecular flexibility index (Phi) is 12.6. The van der Waals surface area contributed by atoms with E-state index in [-0.39, 0.29) is 55.1 Å². The van der Waals surface area contributed by atoms with Gasteiger partial charge in [0.15, 0.2) is 11.5 Å². The van der Waals surface area contributed by atoms with E-state index < -0.39 is 37.8 Å². The molecule has 0 spiro atoms. The Hall–Kier alpha value is -5.18. The van der Waals surface area contributed by atoms with Crippen LogP contribution in [0.4, 0.5) is 14.9 Å². The summed E-state index contributed by atoms with van der Waals surface area (Å²) in [5.74, 6) is -2.25. The standard InChI is InChI=1S/C34H41FN5O10P/c1-7-40(34(45)49-17-22-8-11-28(48-6)29(14-22)50-51(46,18-47-5)39-21(4)33(43)44)13-12-36-32(42)30-19(2)27(37-20(30)3)16-25-24-15-23(35)9-10-26(24)38-31(25)41/h8-11,14-16,21,37H,7,12-13,17-18H2,1-6H3,(H,36,42)(H,38,41)(H,39,46)(H,43,44)/b25-16-/t21-,51?/m0/s1. The summed E-state index contributed by atoms with van der Waals surface area (Å²) < 4.78 is 48.7. The predicted octanol–water partition coefficient (Wildman–Crippen LogP) is 4.90. The number of benzene rings is 2. The first-order valence-electron chi connectivity index (χ1n) is 15.9. The maximum absolute atomic E-state index is 13.9. The van der Waals surface area contributed by atoms with E-state index in [0.717, 1.165) is 0 Å². The lowest BCUT2D eigenvalue weighted by atomic mass is 10.0. The number of rotatable bonds is 16. The number of carbonyl (C=O) groups is 4. The zero-order valence-electron chi connectivity index (χ0n) is 29.0. The number of H-pyrrole nitrogens is 1. The van der Waals surface area contributed by atoms with Gasteiger partial charge in [0.05, 0.1) is 18.2 Å². The number of likely N-dealkylation sites (N-methyl/N-ethyl adjacent to an activating group) is 1. The average molecular weight is 730 g/mol. The fraction of sp³-hybridized carbons (Fsp3) is 0.353. The number of ether oxygens (including phenoxy) is 3. The minimum absolute atomic E-state index is 0.0199. The number of anilines is 1. The van der Waals surface area contributed by atoms with Crippen LogP contribution in [0.5, 0.6) is 11.5 Å². The fourth-order valence-corrected chi connectivity index (χ4v) is 7.05. The largest absolute Gasteiger partial charge is 0.493 e. The van der Waals surface area contributed by atoms with Gasteiger partial charge in [0.25, 0.3) is 11.8 Å². The number of amides is 3. The smallest absolute Gasteiger partial charge is 0.410 e. The summed E-state index contributed by atoms with van der Waals surface area (Å²) in [5, 5.41) is 17.2. The van der Waals surface area contributed by atoms with E-state index >= 15 is 0 Å². The van der Waals surface area contributed by atoms with Crippen molar-refractivity contribution in [3.05, 3.63) is 75.9 Å². The summed E-state index contributed by atoms with van der Waals surface area (Å²) in [6.07, 6.45) is 0.510. The van der Waals surface area contributed by atoms with E-state index in [1.807, 2.05) is 0 Å². The normalized spacial score (nSPS) is 14.6. The van der Waals surface area contributed by atoms with E-state index in [9.17, 15) is 33.2 Å². The van der Waals surface area contributed by atoms with Crippen LogP contribution in [0.15, 0.2) is 36.4 Å². The van der Waals surface area contributed by atoms with Crippen molar-refractivity contribution >= 4 is 48.7 Å². The highest BCUT2D eigenvalue weighted by molar-refractivity contribution is 7.57. The number of aromatic amines is 1. The molecule has 0 saturated carbocycles. The Balaban J connectivity index is 1.37. The number of halogens is 1. The average Bonchev–Trinajstić information content (AvgIpc) is 3.54. The predicted molar refractivity (Wildman–Crippen MR) is 186 cm³/mol. The lowest BCUT2D eigenvalue weighted by molar-refractivity contribution is -0.138. The maximum atomic E-state index is 13.9. The number of nitrogens with zero attached hydrogens (tertiary/aromatic N) is 1. The number of carboxylic acids is 1. The van der Waals surface area contributed by atoms with Gasteiger partial charge in [0.2, 0.25) is 0 Å². The van der Waals surface area contributed by atoms with Crippen molar-refractivity contribution in [2.75, 3.05) is 45.5 Å².